The van der Waals surface area contributed by atoms with Crippen molar-refractivity contribution < 1.29 is 0 Å². The summed E-state index contributed by atoms with van der Waals surface area (Å²) in [5, 5.41) is 7.29. The first-order chi connectivity index (χ1) is 9.08. The molecule has 0 saturated heterocycles. The number of nitrogens with zero attached hydrogens (tertiary/aromatic N) is 3. The summed E-state index contributed by atoms with van der Waals surface area (Å²) in [6.45, 7) is 8.31. The lowest BCUT2D eigenvalue weighted by Gasteiger charge is -2.16. The summed E-state index contributed by atoms with van der Waals surface area (Å²) in [7, 11) is 2.17. The Balaban J connectivity index is 1.79. The largest absolute Gasteiger partial charge is 0.302 e. The summed E-state index contributed by atoms with van der Waals surface area (Å²) >= 11 is 1.77. The molecule has 2 heterocycles. The van der Waals surface area contributed by atoms with Crippen molar-refractivity contribution in [3.05, 3.63) is 33.0 Å². The summed E-state index contributed by atoms with van der Waals surface area (Å²) < 4.78 is 0. The highest BCUT2D eigenvalue weighted by molar-refractivity contribution is 7.09. The number of nitrogens with one attached hydrogen (secondary N) is 1. The van der Waals surface area contributed by atoms with Crippen LogP contribution >= 0.6 is 11.3 Å². The molecule has 1 N–H and O–H groups in total. The fourth-order valence-electron chi connectivity index (χ4n) is 2.23. The summed E-state index contributed by atoms with van der Waals surface area (Å²) in [6.07, 6.45) is 2.31. The molecule has 4 nitrogen and oxygen atoms in total. The molecule has 0 saturated carbocycles. The van der Waals surface area contributed by atoms with Crippen LogP contribution in [0.5, 0.6) is 0 Å². The van der Waals surface area contributed by atoms with Gasteiger partial charge in [0.2, 0.25) is 0 Å². The monoisotopic (exact) mass is 278 g/mol. The Bertz CT molecular complexity index is 510. The zero-order chi connectivity index (χ0) is 13.8. The molecule has 0 aromatic carbocycles. The third-order valence-corrected chi connectivity index (χ3v) is 4.49. The second-order valence-corrected chi connectivity index (χ2v) is 6.05. The van der Waals surface area contributed by atoms with Gasteiger partial charge in [0, 0.05) is 22.7 Å². The number of hydrogen-bond donors (Lipinski definition) is 1. The molecule has 0 aliphatic carbocycles. The Kier molecular flexibility index (Phi) is 4.71. The summed E-state index contributed by atoms with van der Waals surface area (Å²) in [5.74, 6) is 0. The average molecular weight is 278 g/mol. The van der Waals surface area contributed by atoms with Gasteiger partial charge < -0.3 is 4.90 Å². The molecule has 2 aromatic heterocycles. The van der Waals surface area contributed by atoms with Crippen molar-refractivity contribution in [1.82, 2.24) is 20.1 Å². The smallest absolute Gasteiger partial charge is 0.0797 e. The topological polar surface area (TPSA) is 44.8 Å². The molecule has 0 radical (unpaired) electrons. The van der Waals surface area contributed by atoms with Crippen LogP contribution < -0.4 is 0 Å². The molecule has 2 aromatic rings. The SMILES string of the molecule is Cc1ncsc1CCCN(C)Cc1c(C)n[nH]c1C. The van der Waals surface area contributed by atoms with Gasteiger partial charge in [-0.25, -0.2) is 4.98 Å². The minimum Gasteiger partial charge on any atom is -0.302 e. The maximum atomic E-state index is 4.29. The molecule has 0 aliphatic rings. The van der Waals surface area contributed by atoms with Gasteiger partial charge in [0.1, 0.15) is 0 Å². The quantitative estimate of drug-likeness (QED) is 0.883. The predicted octanol–water partition coefficient (Wildman–Crippen LogP) is 2.86. The maximum Gasteiger partial charge on any atom is 0.0797 e. The molecule has 2 rings (SSSR count). The van der Waals surface area contributed by atoms with Gasteiger partial charge in [-0.3, -0.25) is 5.10 Å². The molecule has 0 aliphatic heterocycles. The first-order valence-corrected chi connectivity index (χ1v) is 7.54. The van der Waals surface area contributed by atoms with Gasteiger partial charge in [-0.15, -0.1) is 11.3 Å². The zero-order valence-corrected chi connectivity index (χ0v) is 13.0. The number of rotatable bonds is 6. The molecule has 0 spiro atoms. The molecule has 0 bridgehead atoms. The molecule has 0 atom stereocenters. The Labute approximate surface area is 118 Å². The Morgan fingerprint density at radius 3 is 2.63 bits per heavy atom. The fourth-order valence-corrected chi connectivity index (χ4v) is 3.06. The molecule has 0 unspecified atom stereocenters. The first kappa shape index (κ1) is 14.2. The van der Waals surface area contributed by atoms with E-state index in [1.54, 1.807) is 11.3 Å². The third kappa shape index (κ3) is 3.64. The van der Waals surface area contributed by atoms with Gasteiger partial charge in [0.05, 0.1) is 16.9 Å². The van der Waals surface area contributed by atoms with Crippen molar-refractivity contribution in [2.24, 2.45) is 0 Å². The zero-order valence-electron chi connectivity index (χ0n) is 12.2. The predicted molar refractivity (Wildman–Crippen MR) is 79.6 cm³/mol. The van der Waals surface area contributed by atoms with E-state index in [9.17, 15) is 0 Å². The molecule has 19 heavy (non-hydrogen) atoms. The highest BCUT2D eigenvalue weighted by Crippen LogP contribution is 2.15. The van der Waals surface area contributed by atoms with Crippen LogP contribution in [0.1, 0.15) is 33.9 Å². The lowest BCUT2D eigenvalue weighted by Crippen LogP contribution is -2.20. The van der Waals surface area contributed by atoms with E-state index in [1.165, 1.54) is 28.2 Å². The van der Waals surface area contributed by atoms with E-state index in [0.29, 0.717) is 0 Å². The van der Waals surface area contributed by atoms with E-state index >= 15 is 0 Å². The third-order valence-electron chi connectivity index (χ3n) is 3.50. The maximum absolute atomic E-state index is 4.29. The van der Waals surface area contributed by atoms with Crippen molar-refractivity contribution in [2.45, 2.75) is 40.2 Å². The van der Waals surface area contributed by atoms with Gasteiger partial charge in [-0.05, 0) is 47.2 Å². The minimum atomic E-state index is 0.968. The van der Waals surface area contributed by atoms with E-state index in [1.807, 2.05) is 5.51 Å². The Morgan fingerprint density at radius 1 is 1.26 bits per heavy atom. The van der Waals surface area contributed by atoms with E-state index in [2.05, 4.69) is 47.9 Å². The highest BCUT2D eigenvalue weighted by Gasteiger charge is 2.09. The van der Waals surface area contributed by atoms with Crippen molar-refractivity contribution in [1.29, 1.82) is 0 Å². The van der Waals surface area contributed by atoms with Gasteiger partial charge in [-0.1, -0.05) is 0 Å². The molecule has 5 heteroatoms. The van der Waals surface area contributed by atoms with Gasteiger partial charge in [0.15, 0.2) is 0 Å². The van der Waals surface area contributed by atoms with Crippen LogP contribution in [0.2, 0.25) is 0 Å². The van der Waals surface area contributed by atoms with Crippen LogP contribution in [0.3, 0.4) is 0 Å². The van der Waals surface area contributed by atoms with Crippen LogP contribution in [0.4, 0.5) is 0 Å². The first-order valence-electron chi connectivity index (χ1n) is 6.66. The van der Waals surface area contributed by atoms with Gasteiger partial charge in [-0.2, -0.15) is 5.10 Å². The second-order valence-electron chi connectivity index (χ2n) is 5.11. The summed E-state index contributed by atoms with van der Waals surface area (Å²) in [6, 6.07) is 0. The number of hydrogen-bond acceptors (Lipinski definition) is 4. The second kappa shape index (κ2) is 6.30. The average Bonchev–Trinajstić information content (AvgIpc) is 2.90. The standard InChI is InChI=1S/C14H22N4S/c1-10-13(11(2)17-16-10)8-18(4)7-5-6-14-12(3)15-9-19-14/h9H,5-8H2,1-4H3,(H,16,17). The molecule has 0 amide bonds. The number of aromatic nitrogens is 3. The minimum absolute atomic E-state index is 0.968. The Hall–Kier alpha value is -1.20. The van der Waals surface area contributed by atoms with Crippen molar-refractivity contribution >= 4 is 11.3 Å². The van der Waals surface area contributed by atoms with E-state index in [0.717, 1.165) is 25.2 Å². The van der Waals surface area contributed by atoms with Crippen LogP contribution in [-0.2, 0) is 13.0 Å². The van der Waals surface area contributed by atoms with Gasteiger partial charge in [0.25, 0.3) is 0 Å². The normalized spacial score (nSPS) is 11.4. The fraction of sp³-hybridized carbons (Fsp3) is 0.571. The number of aromatic amines is 1. The lowest BCUT2D eigenvalue weighted by atomic mass is 10.2. The summed E-state index contributed by atoms with van der Waals surface area (Å²) in [5.41, 5.74) is 6.75. The van der Waals surface area contributed by atoms with E-state index in [-0.39, 0.29) is 0 Å². The van der Waals surface area contributed by atoms with E-state index < -0.39 is 0 Å². The van der Waals surface area contributed by atoms with Crippen molar-refractivity contribution in [2.75, 3.05) is 13.6 Å². The van der Waals surface area contributed by atoms with Crippen LogP contribution in [0, 0.1) is 20.8 Å². The van der Waals surface area contributed by atoms with Crippen molar-refractivity contribution in [3.8, 4) is 0 Å². The molecular formula is C14H22N4S. The highest BCUT2D eigenvalue weighted by atomic mass is 32.1. The Morgan fingerprint density at radius 2 is 2.05 bits per heavy atom. The summed E-state index contributed by atoms with van der Waals surface area (Å²) in [4.78, 5) is 8.07. The number of thiazole rings is 1. The van der Waals surface area contributed by atoms with Crippen LogP contribution in [0.15, 0.2) is 5.51 Å². The molecular weight excluding hydrogens is 256 g/mol. The lowest BCUT2D eigenvalue weighted by molar-refractivity contribution is 0.321. The number of H-pyrrole nitrogens is 1. The van der Waals surface area contributed by atoms with Crippen LogP contribution in [-0.4, -0.2) is 33.7 Å². The molecule has 0 fully saturated rings. The van der Waals surface area contributed by atoms with Crippen LogP contribution in [0.25, 0.3) is 0 Å². The van der Waals surface area contributed by atoms with Gasteiger partial charge >= 0.3 is 0 Å². The van der Waals surface area contributed by atoms with Crippen molar-refractivity contribution in [3.63, 3.8) is 0 Å². The molecule has 104 valence electrons. The number of aryl methyl sites for hydroxylation is 4. The van der Waals surface area contributed by atoms with E-state index in [4.69, 9.17) is 0 Å².